The van der Waals surface area contributed by atoms with Crippen LogP contribution in [0.15, 0.2) is 0 Å². The summed E-state index contributed by atoms with van der Waals surface area (Å²) < 4.78 is 0. The summed E-state index contributed by atoms with van der Waals surface area (Å²) in [5.41, 5.74) is 5.39. The molecule has 7 N–H and O–H groups in total. The van der Waals surface area contributed by atoms with Crippen LogP contribution in [0, 0.1) is 11.8 Å². The fourth-order valence-corrected chi connectivity index (χ4v) is 1.45. The van der Waals surface area contributed by atoms with Crippen molar-refractivity contribution in [1.82, 2.24) is 5.32 Å². The minimum Gasteiger partial charge on any atom is -0.479 e. The molecule has 0 aromatic rings. The number of carboxylic acids is 2. The molecule has 0 heterocycles. The predicted octanol–water partition coefficient (Wildman–Crippen LogP) is -0.517. The van der Waals surface area contributed by atoms with Crippen molar-refractivity contribution in [3.8, 4) is 0 Å². The molecule has 22 heavy (non-hydrogen) atoms. The molecule has 0 aliphatic carbocycles. The lowest BCUT2D eigenvalue weighted by atomic mass is 10.0. The summed E-state index contributed by atoms with van der Waals surface area (Å²) in [6.07, 6.45) is -2.20. The molecule has 8 heteroatoms. The van der Waals surface area contributed by atoms with Crippen molar-refractivity contribution in [1.29, 1.82) is 0 Å². The molecule has 0 radical (unpaired) electrons. The van der Waals surface area contributed by atoms with Gasteiger partial charge in [-0.1, -0.05) is 27.7 Å². The van der Waals surface area contributed by atoms with Gasteiger partial charge in [0.25, 0.3) is 0 Å². The van der Waals surface area contributed by atoms with E-state index in [1.807, 2.05) is 27.7 Å². The number of carbonyl (C=O) groups is 2. The van der Waals surface area contributed by atoms with Crippen molar-refractivity contribution in [2.24, 2.45) is 17.6 Å². The van der Waals surface area contributed by atoms with E-state index in [1.165, 1.54) is 0 Å². The van der Waals surface area contributed by atoms with E-state index in [0.717, 1.165) is 6.54 Å². The quantitative estimate of drug-likeness (QED) is 0.331. The molecule has 0 rings (SSSR count). The van der Waals surface area contributed by atoms with Crippen LogP contribution in [0.25, 0.3) is 0 Å². The van der Waals surface area contributed by atoms with Crippen LogP contribution in [0.1, 0.15) is 34.1 Å². The maximum absolute atomic E-state index is 10.2. The molecule has 0 aliphatic heterocycles. The highest BCUT2D eigenvalue weighted by molar-refractivity contribution is 5.72. The van der Waals surface area contributed by atoms with Gasteiger partial charge in [0.05, 0.1) is 0 Å². The molecule has 0 saturated carbocycles. The van der Waals surface area contributed by atoms with Gasteiger partial charge in [0.15, 0.2) is 12.2 Å². The normalized spacial score (nSPS) is 15.0. The van der Waals surface area contributed by atoms with Gasteiger partial charge in [-0.15, -0.1) is 0 Å². The monoisotopic (exact) mass is 322 g/mol. The number of hydrogen-bond donors (Lipinski definition) is 6. The van der Waals surface area contributed by atoms with Crippen LogP contribution < -0.4 is 11.1 Å². The molecule has 0 aliphatic rings. The highest BCUT2D eigenvalue weighted by Gasteiger charge is 2.22. The SMILES string of the molecule is CC(C)CC(N)C(O)C(=O)O.CC(C)CNCC(O)C(=O)O. The molecule has 132 valence electrons. The van der Waals surface area contributed by atoms with Crippen LogP contribution in [-0.2, 0) is 9.59 Å². The number of aliphatic hydroxyl groups is 2. The van der Waals surface area contributed by atoms with Gasteiger partial charge in [-0.05, 0) is 24.8 Å². The van der Waals surface area contributed by atoms with Crippen molar-refractivity contribution in [2.75, 3.05) is 13.1 Å². The van der Waals surface area contributed by atoms with E-state index >= 15 is 0 Å². The summed E-state index contributed by atoms with van der Waals surface area (Å²) in [4.78, 5) is 20.3. The Labute approximate surface area is 131 Å². The number of carboxylic acid groups (broad SMARTS) is 2. The van der Waals surface area contributed by atoms with Gasteiger partial charge in [0, 0.05) is 12.6 Å². The van der Waals surface area contributed by atoms with Crippen LogP contribution in [0.5, 0.6) is 0 Å². The van der Waals surface area contributed by atoms with Gasteiger partial charge < -0.3 is 31.5 Å². The third-order valence-electron chi connectivity index (χ3n) is 2.58. The van der Waals surface area contributed by atoms with Crippen LogP contribution >= 0.6 is 0 Å². The highest BCUT2D eigenvalue weighted by Crippen LogP contribution is 2.05. The second-order valence-corrected chi connectivity index (χ2v) is 5.98. The van der Waals surface area contributed by atoms with Crippen molar-refractivity contribution >= 4 is 11.9 Å². The lowest BCUT2D eigenvalue weighted by molar-refractivity contribution is -0.148. The molecule has 3 unspecified atom stereocenters. The zero-order valence-corrected chi connectivity index (χ0v) is 13.7. The lowest BCUT2D eigenvalue weighted by Crippen LogP contribution is -2.41. The summed E-state index contributed by atoms with van der Waals surface area (Å²) in [6, 6.07) is -0.660. The Bertz CT molecular complexity index is 322. The zero-order valence-electron chi connectivity index (χ0n) is 13.7. The maximum atomic E-state index is 10.2. The van der Waals surface area contributed by atoms with Gasteiger partial charge in [-0.2, -0.15) is 0 Å². The standard InChI is InChI=1S/2C7H15NO3/c1-5(2)3-8-4-6(9)7(10)11;1-4(2)3-5(8)6(9)7(10)11/h5-6,8-9H,3-4H2,1-2H3,(H,10,11);4-6,9H,3,8H2,1-2H3,(H,10,11). The van der Waals surface area contributed by atoms with Crippen molar-refractivity contribution < 1.29 is 30.0 Å². The van der Waals surface area contributed by atoms with E-state index in [-0.39, 0.29) is 6.54 Å². The van der Waals surface area contributed by atoms with Crippen LogP contribution in [0.4, 0.5) is 0 Å². The summed E-state index contributed by atoms with van der Waals surface area (Å²) in [5.74, 6) is -1.66. The van der Waals surface area contributed by atoms with E-state index in [4.69, 9.17) is 26.2 Å². The molecule has 0 aromatic carbocycles. The molecule has 0 aromatic heterocycles. The number of hydrogen-bond acceptors (Lipinski definition) is 6. The Balaban J connectivity index is 0. The number of aliphatic hydroxyl groups excluding tert-OH is 2. The average molecular weight is 322 g/mol. The van der Waals surface area contributed by atoms with Gasteiger partial charge in [-0.25, -0.2) is 9.59 Å². The van der Waals surface area contributed by atoms with E-state index in [1.54, 1.807) is 0 Å². The van der Waals surface area contributed by atoms with Crippen LogP contribution in [-0.4, -0.2) is 63.7 Å². The molecular formula is C14H30N2O6. The smallest absolute Gasteiger partial charge is 0.334 e. The van der Waals surface area contributed by atoms with Gasteiger partial charge >= 0.3 is 11.9 Å². The van der Waals surface area contributed by atoms with E-state index in [9.17, 15) is 9.59 Å². The second kappa shape index (κ2) is 12.3. The van der Waals surface area contributed by atoms with Crippen molar-refractivity contribution in [3.63, 3.8) is 0 Å². The summed E-state index contributed by atoms with van der Waals surface area (Å²) in [6.45, 7) is 8.72. The molecule has 0 bridgehead atoms. The lowest BCUT2D eigenvalue weighted by Gasteiger charge is -2.16. The van der Waals surface area contributed by atoms with E-state index in [0.29, 0.717) is 18.3 Å². The number of nitrogens with one attached hydrogen (secondary N) is 1. The number of rotatable bonds is 9. The fraction of sp³-hybridized carbons (Fsp3) is 0.857. The molecule has 8 nitrogen and oxygen atoms in total. The van der Waals surface area contributed by atoms with E-state index < -0.39 is 30.2 Å². The van der Waals surface area contributed by atoms with Crippen LogP contribution in [0.3, 0.4) is 0 Å². The number of aliphatic carboxylic acids is 2. The Hall–Kier alpha value is -1.22. The molecule has 0 saturated heterocycles. The zero-order chi connectivity index (χ0) is 17.9. The fourth-order valence-electron chi connectivity index (χ4n) is 1.45. The predicted molar refractivity (Wildman–Crippen MR) is 82.4 cm³/mol. The van der Waals surface area contributed by atoms with Crippen molar-refractivity contribution in [3.05, 3.63) is 0 Å². The first-order valence-corrected chi connectivity index (χ1v) is 7.27. The molecule has 0 fully saturated rings. The van der Waals surface area contributed by atoms with Gasteiger partial charge in [0.2, 0.25) is 0 Å². The maximum Gasteiger partial charge on any atom is 0.334 e. The van der Waals surface area contributed by atoms with Crippen LogP contribution in [0.2, 0.25) is 0 Å². The van der Waals surface area contributed by atoms with E-state index in [2.05, 4.69) is 5.32 Å². The Kier molecular flexibility index (Phi) is 12.9. The Morgan fingerprint density at radius 2 is 1.45 bits per heavy atom. The van der Waals surface area contributed by atoms with Gasteiger partial charge in [-0.3, -0.25) is 0 Å². The summed E-state index contributed by atoms with van der Waals surface area (Å²) >= 11 is 0. The van der Waals surface area contributed by atoms with Gasteiger partial charge in [0.1, 0.15) is 0 Å². The first-order chi connectivity index (χ1) is 9.98. The third-order valence-corrected chi connectivity index (χ3v) is 2.58. The minimum atomic E-state index is -1.43. The Morgan fingerprint density at radius 3 is 1.77 bits per heavy atom. The first kappa shape index (κ1) is 23.1. The molecule has 3 atom stereocenters. The molecular weight excluding hydrogens is 292 g/mol. The first-order valence-electron chi connectivity index (χ1n) is 7.27. The molecule has 0 spiro atoms. The highest BCUT2D eigenvalue weighted by atomic mass is 16.4. The minimum absolute atomic E-state index is 0.119. The Morgan fingerprint density at radius 1 is 0.955 bits per heavy atom. The summed E-state index contributed by atoms with van der Waals surface area (Å²) in [5, 5.41) is 37.1. The molecule has 0 amide bonds. The second-order valence-electron chi connectivity index (χ2n) is 5.98. The average Bonchev–Trinajstić information content (AvgIpc) is 2.36. The third kappa shape index (κ3) is 13.7. The topological polar surface area (TPSA) is 153 Å². The van der Waals surface area contributed by atoms with Crippen molar-refractivity contribution in [2.45, 2.75) is 52.4 Å². The summed E-state index contributed by atoms with van der Waals surface area (Å²) in [7, 11) is 0. The largest absolute Gasteiger partial charge is 0.479 e. The number of nitrogens with two attached hydrogens (primary N) is 1.